The van der Waals surface area contributed by atoms with Gasteiger partial charge >= 0.3 is 0 Å². The molecule has 3 rings (SSSR count). The zero-order chi connectivity index (χ0) is 13.9. The van der Waals surface area contributed by atoms with Crippen molar-refractivity contribution in [2.75, 3.05) is 18.4 Å². The third kappa shape index (κ3) is 2.59. The predicted molar refractivity (Wildman–Crippen MR) is 82.1 cm³/mol. The van der Waals surface area contributed by atoms with Gasteiger partial charge in [0.1, 0.15) is 5.00 Å². The van der Waals surface area contributed by atoms with E-state index in [-0.39, 0.29) is 5.91 Å². The van der Waals surface area contributed by atoms with E-state index in [1.165, 1.54) is 18.5 Å². The average Bonchev–Trinajstić information content (AvgIpc) is 3.07. The fourth-order valence-electron chi connectivity index (χ4n) is 2.60. The number of carbonyl (C=O) groups excluding carboxylic acids is 1. The Morgan fingerprint density at radius 3 is 2.85 bits per heavy atom. The molecule has 1 amide bonds. The first-order chi connectivity index (χ1) is 9.75. The Kier molecular flexibility index (Phi) is 3.80. The van der Waals surface area contributed by atoms with Crippen LogP contribution in [0.1, 0.15) is 25.0 Å². The highest BCUT2D eigenvalue weighted by Crippen LogP contribution is 2.40. The summed E-state index contributed by atoms with van der Waals surface area (Å²) in [5.41, 5.74) is 3.31. The fraction of sp³-hybridized carbons (Fsp3) is 0.333. The summed E-state index contributed by atoms with van der Waals surface area (Å²) < 4.78 is 4.61. The van der Waals surface area contributed by atoms with E-state index in [4.69, 9.17) is 0 Å². The Bertz CT molecular complexity index is 603. The van der Waals surface area contributed by atoms with Gasteiger partial charge in [0, 0.05) is 24.9 Å². The average molecular weight is 287 g/mol. The molecule has 0 bridgehead atoms. The Labute approximate surface area is 122 Å². The molecule has 1 unspecified atom stereocenters. The van der Waals surface area contributed by atoms with Crippen molar-refractivity contribution in [3.8, 4) is 11.1 Å². The molecule has 0 saturated carbocycles. The van der Waals surface area contributed by atoms with Crippen molar-refractivity contribution in [1.82, 2.24) is 9.69 Å². The molecule has 1 aromatic heterocycles. The van der Waals surface area contributed by atoms with Gasteiger partial charge in [0.25, 0.3) is 0 Å². The maximum atomic E-state index is 11.4. The number of rotatable bonds is 3. The topological polar surface area (TPSA) is 54.0 Å². The largest absolute Gasteiger partial charge is 0.316 e. The molecule has 4 nitrogen and oxygen atoms in total. The predicted octanol–water partition coefficient (Wildman–Crippen LogP) is 2.85. The van der Waals surface area contributed by atoms with Crippen molar-refractivity contribution in [3.63, 3.8) is 0 Å². The standard InChI is InChI=1S/C15H17N3OS/c1-10(19)17-15-13(11-5-3-2-4-6-11)14(18-20-15)12-7-8-16-9-12/h2-6,12,16H,7-9H2,1H3,(H,17,19). The zero-order valence-corrected chi connectivity index (χ0v) is 12.2. The summed E-state index contributed by atoms with van der Waals surface area (Å²) in [4.78, 5) is 11.4. The van der Waals surface area contributed by atoms with Crippen LogP contribution in [0.4, 0.5) is 5.00 Å². The molecular weight excluding hydrogens is 270 g/mol. The van der Waals surface area contributed by atoms with Crippen LogP contribution >= 0.6 is 11.5 Å². The monoisotopic (exact) mass is 287 g/mol. The summed E-state index contributed by atoms with van der Waals surface area (Å²) in [6.07, 6.45) is 1.10. The Morgan fingerprint density at radius 1 is 1.40 bits per heavy atom. The Balaban J connectivity index is 2.06. The molecule has 2 heterocycles. The highest BCUT2D eigenvalue weighted by atomic mass is 32.1. The van der Waals surface area contributed by atoms with Crippen molar-refractivity contribution in [2.45, 2.75) is 19.3 Å². The van der Waals surface area contributed by atoms with E-state index in [0.717, 1.165) is 41.3 Å². The number of anilines is 1. The van der Waals surface area contributed by atoms with E-state index in [1.807, 2.05) is 18.2 Å². The van der Waals surface area contributed by atoms with Crippen LogP contribution in [0.25, 0.3) is 11.1 Å². The number of nitrogens with one attached hydrogen (secondary N) is 2. The molecule has 1 aliphatic rings. The van der Waals surface area contributed by atoms with Crippen molar-refractivity contribution < 1.29 is 4.79 Å². The Morgan fingerprint density at radius 2 is 2.20 bits per heavy atom. The first-order valence-corrected chi connectivity index (χ1v) is 7.56. The molecule has 1 aliphatic heterocycles. The van der Waals surface area contributed by atoms with Crippen LogP contribution in [0, 0.1) is 0 Å². The van der Waals surface area contributed by atoms with Gasteiger partial charge in [0.15, 0.2) is 0 Å². The van der Waals surface area contributed by atoms with E-state index in [2.05, 4.69) is 27.1 Å². The van der Waals surface area contributed by atoms with E-state index in [9.17, 15) is 4.79 Å². The normalized spacial score (nSPS) is 18.1. The van der Waals surface area contributed by atoms with Gasteiger partial charge in [-0.15, -0.1) is 0 Å². The molecule has 104 valence electrons. The van der Waals surface area contributed by atoms with Crippen LogP contribution in [-0.4, -0.2) is 23.4 Å². The van der Waals surface area contributed by atoms with Crippen molar-refractivity contribution in [2.24, 2.45) is 0 Å². The van der Waals surface area contributed by atoms with E-state index >= 15 is 0 Å². The molecule has 0 aliphatic carbocycles. The van der Waals surface area contributed by atoms with Crippen LogP contribution in [-0.2, 0) is 4.79 Å². The third-order valence-electron chi connectivity index (χ3n) is 3.52. The number of carbonyl (C=O) groups is 1. The summed E-state index contributed by atoms with van der Waals surface area (Å²) >= 11 is 1.38. The second-order valence-electron chi connectivity index (χ2n) is 5.01. The highest BCUT2D eigenvalue weighted by Gasteiger charge is 2.25. The SMILES string of the molecule is CC(=O)Nc1snc(C2CCNC2)c1-c1ccccc1. The first kappa shape index (κ1) is 13.3. The fourth-order valence-corrected chi connectivity index (χ4v) is 3.53. The molecule has 1 atom stereocenters. The van der Waals surface area contributed by atoms with Gasteiger partial charge in [-0.1, -0.05) is 30.3 Å². The van der Waals surface area contributed by atoms with E-state index in [1.54, 1.807) is 0 Å². The number of amides is 1. The molecule has 2 N–H and O–H groups in total. The molecule has 0 spiro atoms. The lowest BCUT2D eigenvalue weighted by molar-refractivity contribution is -0.114. The minimum absolute atomic E-state index is 0.0538. The Hall–Kier alpha value is -1.72. The number of hydrogen-bond donors (Lipinski definition) is 2. The van der Waals surface area contributed by atoms with Crippen LogP contribution in [0.2, 0.25) is 0 Å². The molecule has 5 heteroatoms. The van der Waals surface area contributed by atoms with Crippen molar-refractivity contribution in [1.29, 1.82) is 0 Å². The highest BCUT2D eigenvalue weighted by molar-refractivity contribution is 7.11. The lowest BCUT2D eigenvalue weighted by Gasteiger charge is -2.10. The van der Waals surface area contributed by atoms with Crippen molar-refractivity contribution >= 4 is 22.4 Å². The van der Waals surface area contributed by atoms with Crippen LogP contribution in [0.3, 0.4) is 0 Å². The number of nitrogens with zero attached hydrogens (tertiary/aromatic N) is 1. The van der Waals surface area contributed by atoms with Gasteiger partial charge in [-0.25, -0.2) is 0 Å². The minimum Gasteiger partial charge on any atom is -0.316 e. The first-order valence-electron chi connectivity index (χ1n) is 6.79. The van der Waals surface area contributed by atoms with Gasteiger partial charge in [-0.2, -0.15) is 4.37 Å². The summed E-state index contributed by atoms with van der Waals surface area (Å²) in [5.74, 6) is 0.380. The van der Waals surface area contributed by atoms with Crippen LogP contribution in [0.15, 0.2) is 30.3 Å². The van der Waals surface area contributed by atoms with Gasteiger partial charge in [0.05, 0.1) is 5.69 Å². The lowest BCUT2D eigenvalue weighted by atomic mass is 9.96. The molecule has 1 fully saturated rings. The number of benzene rings is 1. The quantitative estimate of drug-likeness (QED) is 0.912. The molecule has 2 aromatic rings. The van der Waals surface area contributed by atoms with Gasteiger partial charge in [-0.3, -0.25) is 4.79 Å². The molecule has 0 radical (unpaired) electrons. The molecule has 20 heavy (non-hydrogen) atoms. The molecule has 1 saturated heterocycles. The second-order valence-corrected chi connectivity index (χ2v) is 5.78. The maximum absolute atomic E-state index is 11.4. The van der Waals surface area contributed by atoms with Gasteiger partial charge in [0.2, 0.25) is 5.91 Å². The number of hydrogen-bond acceptors (Lipinski definition) is 4. The van der Waals surface area contributed by atoms with Crippen LogP contribution in [0.5, 0.6) is 0 Å². The summed E-state index contributed by atoms with van der Waals surface area (Å²) in [6.45, 7) is 3.53. The molecular formula is C15H17N3OS. The molecule has 1 aromatic carbocycles. The second kappa shape index (κ2) is 5.73. The number of aromatic nitrogens is 1. The van der Waals surface area contributed by atoms with E-state index < -0.39 is 0 Å². The third-order valence-corrected chi connectivity index (χ3v) is 4.29. The van der Waals surface area contributed by atoms with Gasteiger partial charge in [-0.05, 0) is 30.1 Å². The maximum Gasteiger partial charge on any atom is 0.221 e. The van der Waals surface area contributed by atoms with Crippen molar-refractivity contribution in [3.05, 3.63) is 36.0 Å². The summed E-state index contributed by atoms with van der Waals surface area (Å²) in [7, 11) is 0. The smallest absolute Gasteiger partial charge is 0.221 e. The summed E-state index contributed by atoms with van der Waals surface area (Å²) in [5, 5.41) is 7.14. The van der Waals surface area contributed by atoms with Crippen LogP contribution < -0.4 is 10.6 Å². The summed E-state index contributed by atoms with van der Waals surface area (Å²) in [6, 6.07) is 10.2. The minimum atomic E-state index is -0.0538. The lowest BCUT2D eigenvalue weighted by Crippen LogP contribution is -2.09. The van der Waals surface area contributed by atoms with Gasteiger partial charge < -0.3 is 10.6 Å². The zero-order valence-electron chi connectivity index (χ0n) is 11.3. The van der Waals surface area contributed by atoms with E-state index in [0.29, 0.717) is 5.92 Å².